The molecule has 0 heterocycles. The lowest BCUT2D eigenvalue weighted by atomic mass is 9.95. The fraction of sp³-hybridized carbons (Fsp3) is 0.818. The van der Waals surface area contributed by atoms with Crippen molar-refractivity contribution >= 4 is 11.9 Å². The highest BCUT2D eigenvalue weighted by atomic mass is 16.5. The number of carbonyl (C=O) groups excluding carboxylic acids is 1. The molecule has 5 nitrogen and oxygen atoms in total. The molecule has 0 aliphatic heterocycles. The zero-order chi connectivity index (χ0) is 12.9. The zero-order valence-corrected chi connectivity index (χ0v) is 10.5. The van der Waals surface area contributed by atoms with Crippen LogP contribution in [-0.4, -0.2) is 36.2 Å². The summed E-state index contributed by atoms with van der Waals surface area (Å²) in [6.45, 7) is 7.01. The summed E-state index contributed by atoms with van der Waals surface area (Å²) in [7, 11) is 1.44. The van der Waals surface area contributed by atoms with Gasteiger partial charge in [-0.2, -0.15) is 0 Å². The van der Waals surface area contributed by atoms with Gasteiger partial charge in [-0.15, -0.1) is 0 Å². The Balaban J connectivity index is 4.33. The number of nitrogens with one attached hydrogen (secondary N) is 1. The molecule has 2 N–H and O–H groups in total. The summed E-state index contributed by atoms with van der Waals surface area (Å²) in [6.07, 6.45) is 0. The van der Waals surface area contributed by atoms with Gasteiger partial charge in [0.05, 0.1) is 5.92 Å². The molecule has 0 rings (SSSR count). The van der Waals surface area contributed by atoms with E-state index in [1.54, 1.807) is 13.8 Å². The summed E-state index contributed by atoms with van der Waals surface area (Å²) in [6, 6.07) is 0. The molecular weight excluding hydrogens is 210 g/mol. The summed E-state index contributed by atoms with van der Waals surface area (Å²) in [4.78, 5) is 22.5. The molecule has 5 heteroatoms. The molecule has 94 valence electrons. The van der Waals surface area contributed by atoms with Gasteiger partial charge in [0.25, 0.3) is 5.91 Å². The van der Waals surface area contributed by atoms with Gasteiger partial charge in [-0.25, -0.2) is 0 Å². The van der Waals surface area contributed by atoms with Gasteiger partial charge in [0.1, 0.15) is 5.60 Å². The summed E-state index contributed by atoms with van der Waals surface area (Å²) in [5, 5.41) is 11.5. The number of carboxylic acid groups (broad SMARTS) is 1. The summed E-state index contributed by atoms with van der Waals surface area (Å²) < 4.78 is 4.99. The number of hydrogen-bond donors (Lipinski definition) is 2. The van der Waals surface area contributed by atoms with Crippen molar-refractivity contribution in [2.24, 2.45) is 11.8 Å². The van der Waals surface area contributed by atoms with Gasteiger partial charge in [-0.05, 0) is 19.8 Å². The topological polar surface area (TPSA) is 75.6 Å². The van der Waals surface area contributed by atoms with Gasteiger partial charge >= 0.3 is 5.97 Å². The summed E-state index contributed by atoms with van der Waals surface area (Å²) >= 11 is 0. The Morgan fingerprint density at radius 3 is 2.19 bits per heavy atom. The van der Waals surface area contributed by atoms with Crippen molar-refractivity contribution in [1.82, 2.24) is 5.32 Å². The van der Waals surface area contributed by atoms with Crippen LogP contribution >= 0.6 is 0 Å². The van der Waals surface area contributed by atoms with Crippen molar-refractivity contribution in [1.29, 1.82) is 0 Å². The van der Waals surface area contributed by atoms with Crippen molar-refractivity contribution in [2.75, 3.05) is 13.7 Å². The third-order valence-corrected chi connectivity index (χ3v) is 2.66. The van der Waals surface area contributed by atoms with Crippen molar-refractivity contribution in [3.05, 3.63) is 0 Å². The van der Waals surface area contributed by atoms with Crippen LogP contribution in [0.3, 0.4) is 0 Å². The van der Waals surface area contributed by atoms with Crippen LogP contribution < -0.4 is 5.32 Å². The van der Waals surface area contributed by atoms with Crippen LogP contribution in [0.2, 0.25) is 0 Å². The smallest absolute Gasteiger partial charge is 0.308 e. The standard InChI is InChI=1S/C11H21NO4/c1-7(2)8(9(13)14)6-12-10(15)11(3,4)16-5/h7-8H,6H2,1-5H3,(H,12,15)(H,13,14). The van der Waals surface area contributed by atoms with Crippen LogP contribution in [0.4, 0.5) is 0 Å². The second-order valence-corrected chi connectivity index (χ2v) is 4.61. The maximum Gasteiger partial charge on any atom is 0.308 e. The number of amides is 1. The van der Waals surface area contributed by atoms with Gasteiger partial charge in [0.2, 0.25) is 0 Å². The molecule has 0 fully saturated rings. The second-order valence-electron chi connectivity index (χ2n) is 4.61. The Bertz CT molecular complexity index is 261. The summed E-state index contributed by atoms with van der Waals surface area (Å²) in [5.41, 5.74) is -0.931. The summed E-state index contributed by atoms with van der Waals surface area (Å²) in [5.74, 6) is -1.80. The molecule has 1 atom stereocenters. The minimum atomic E-state index is -0.931. The maximum atomic E-state index is 11.6. The maximum absolute atomic E-state index is 11.6. The molecule has 0 saturated heterocycles. The highest BCUT2D eigenvalue weighted by Gasteiger charge is 2.29. The van der Waals surface area contributed by atoms with Crippen molar-refractivity contribution in [3.8, 4) is 0 Å². The Hall–Kier alpha value is -1.10. The molecule has 0 aliphatic rings. The number of rotatable bonds is 6. The first-order valence-corrected chi connectivity index (χ1v) is 5.28. The van der Waals surface area contributed by atoms with E-state index in [4.69, 9.17) is 9.84 Å². The van der Waals surface area contributed by atoms with E-state index in [1.807, 2.05) is 13.8 Å². The Morgan fingerprint density at radius 1 is 1.38 bits per heavy atom. The number of hydrogen-bond acceptors (Lipinski definition) is 3. The van der Waals surface area contributed by atoms with Crippen LogP contribution in [0, 0.1) is 11.8 Å². The fourth-order valence-corrected chi connectivity index (χ4v) is 1.12. The third-order valence-electron chi connectivity index (χ3n) is 2.66. The molecule has 1 unspecified atom stereocenters. The first-order valence-electron chi connectivity index (χ1n) is 5.28. The molecule has 0 aliphatic carbocycles. The molecule has 0 aromatic carbocycles. The van der Waals surface area contributed by atoms with Crippen LogP contribution in [-0.2, 0) is 14.3 Å². The van der Waals surface area contributed by atoms with E-state index in [0.29, 0.717) is 0 Å². The minimum Gasteiger partial charge on any atom is -0.481 e. The van der Waals surface area contributed by atoms with Crippen molar-refractivity contribution < 1.29 is 19.4 Å². The molecule has 16 heavy (non-hydrogen) atoms. The molecular formula is C11H21NO4. The number of methoxy groups -OCH3 is 1. The second kappa shape index (κ2) is 5.84. The number of aliphatic carboxylic acids is 1. The fourth-order valence-electron chi connectivity index (χ4n) is 1.12. The quantitative estimate of drug-likeness (QED) is 0.711. The third kappa shape index (κ3) is 4.18. The predicted octanol–water partition coefficient (Wildman–Crippen LogP) is 0.884. The Labute approximate surface area is 96.2 Å². The number of carbonyl (C=O) groups is 2. The lowest BCUT2D eigenvalue weighted by Crippen LogP contribution is -2.46. The molecule has 0 saturated carbocycles. The normalized spacial score (nSPS) is 13.6. The lowest BCUT2D eigenvalue weighted by Gasteiger charge is -2.24. The largest absolute Gasteiger partial charge is 0.481 e. The van der Waals surface area contributed by atoms with Crippen LogP contribution in [0.1, 0.15) is 27.7 Å². The average Bonchev–Trinajstić information content (AvgIpc) is 2.16. The van der Waals surface area contributed by atoms with E-state index in [2.05, 4.69) is 5.32 Å². The van der Waals surface area contributed by atoms with E-state index in [0.717, 1.165) is 0 Å². The van der Waals surface area contributed by atoms with E-state index >= 15 is 0 Å². The van der Waals surface area contributed by atoms with Crippen LogP contribution in [0.25, 0.3) is 0 Å². The van der Waals surface area contributed by atoms with Crippen LogP contribution in [0.15, 0.2) is 0 Å². The van der Waals surface area contributed by atoms with E-state index in [-0.39, 0.29) is 18.4 Å². The van der Waals surface area contributed by atoms with Crippen molar-refractivity contribution in [3.63, 3.8) is 0 Å². The van der Waals surface area contributed by atoms with E-state index in [1.165, 1.54) is 7.11 Å². The van der Waals surface area contributed by atoms with E-state index in [9.17, 15) is 9.59 Å². The Kier molecular flexibility index (Phi) is 5.44. The molecule has 0 spiro atoms. The zero-order valence-electron chi connectivity index (χ0n) is 10.5. The Morgan fingerprint density at radius 2 is 1.88 bits per heavy atom. The lowest BCUT2D eigenvalue weighted by molar-refractivity contribution is -0.144. The monoisotopic (exact) mass is 231 g/mol. The molecule has 0 radical (unpaired) electrons. The van der Waals surface area contributed by atoms with E-state index < -0.39 is 17.5 Å². The number of carboxylic acids is 1. The first-order chi connectivity index (χ1) is 7.22. The van der Waals surface area contributed by atoms with Crippen molar-refractivity contribution in [2.45, 2.75) is 33.3 Å². The average molecular weight is 231 g/mol. The molecule has 0 bridgehead atoms. The van der Waals surface area contributed by atoms with Gasteiger partial charge in [-0.1, -0.05) is 13.8 Å². The highest BCUT2D eigenvalue weighted by Crippen LogP contribution is 2.11. The SMILES string of the molecule is COC(C)(C)C(=O)NCC(C(=O)O)C(C)C. The minimum absolute atomic E-state index is 0.0246. The first kappa shape index (κ1) is 14.9. The molecule has 0 aromatic heterocycles. The molecule has 0 aromatic rings. The van der Waals surface area contributed by atoms with Gasteiger partial charge < -0.3 is 15.2 Å². The van der Waals surface area contributed by atoms with Gasteiger partial charge in [0, 0.05) is 13.7 Å². The van der Waals surface area contributed by atoms with Gasteiger partial charge in [-0.3, -0.25) is 9.59 Å². The number of ether oxygens (including phenoxy) is 1. The predicted molar refractivity (Wildman–Crippen MR) is 60.1 cm³/mol. The highest BCUT2D eigenvalue weighted by molar-refractivity contribution is 5.84. The van der Waals surface area contributed by atoms with Gasteiger partial charge in [0.15, 0.2) is 0 Å². The van der Waals surface area contributed by atoms with Crippen LogP contribution in [0.5, 0.6) is 0 Å². The molecule has 1 amide bonds.